The maximum atomic E-state index is 5.39. The molecule has 0 aliphatic rings. The van der Waals surface area contributed by atoms with Crippen LogP contribution in [0.2, 0.25) is 0 Å². The Morgan fingerprint density at radius 1 is 1.50 bits per heavy atom. The minimum atomic E-state index is 0.701. The number of ether oxygens (including phenoxy) is 1. The molecule has 0 atom stereocenters. The number of hydrogen-bond acceptors (Lipinski definition) is 4. The quantitative estimate of drug-likeness (QED) is 0.476. The molecule has 1 aromatic rings. The number of hydrazine groups is 1. The second-order valence-corrected chi connectivity index (χ2v) is 3.01. The summed E-state index contributed by atoms with van der Waals surface area (Å²) in [6.45, 7) is 5.02. The van der Waals surface area contributed by atoms with Gasteiger partial charge in [0.2, 0.25) is 0 Å². The smallest absolute Gasteiger partial charge is 0.0663 e. The molecule has 1 rings (SSSR count). The van der Waals surface area contributed by atoms with E-state index >= 15 is 0 Å². The summed E-state index contributed by atoms with van der Waals surface area (Å²) in [5.74, 6) is 0. The zero-order valence-electron chi connectivity index (χ0n) is 8.79. The molecule has 0 unspecified atom stereocenters. The Hall–Kier alpha value is -0.910. The normalized spacial score (nSPS) is 10.7. The van der Waals surface area contributed by atoms with Crippen LogP contribution in [0.25, 0.3) is 0 Å². The minimum Gasteiger partial charge on any atom is -0.378 e. The lowest BCUT2D eigenvalue weighted by Crippen LogP contribution is -2.31. The van der Waals surface area contributed by atoms with Gasteiger partial charge < -0.3 is 4.74 Å². The second kappa shape index (κ2) is 6.53. The van der Waals surface area contributed by atoms with Gasteiger partial charge >= 0.3 is 0 Å². The Morgan fingerprint density at radius 3 is 3.00 bits per heavy atom. The first-order valence-corrected chi connectivity index (χ1v) is 4.80. The van der Waals surface area contributed by atoms with Crippen molar-refractivity contribution in [1.82, 2.24) is 20.6 Å². The predicted octanol–water partition coefficient (Wildman–Crippen LogP) is -0.0679. The summed E-state index contributed by atoms with van der Waals surface area (Å²) in [6, 6.07) is 1.99. The van der Waals surface area contributed by atoms with Crippen molar-refractivity contribution < 1.29 is 4.74 Å². The van der Waals surface area contributed by atoms with Crippen LogP contribution in [-0.4, -0.2) is 36.6 Å². The molecular formula is C9H18N4O. The fraction of sp³-hybridized carbons (Fsp3) is 0.667. The van der Waals surface area contributed by atoms with E-state index in [2.05, 4.69) is 16.0 Å². The van der Waals surface area contributed by atoms with Crippen molar-refractivity contribution in [2.75, 3.05) is 26.8 Å². The lowest BCUT2D eigenvalue weighted by molar-refractivity contribution is 0.123. The summed E-state index contributed by atoms with van der Waals surface area (Å²) >= 11 is 0. The predicted molar refractivity (Wildman–Crippen MR) is 54.8 cm³/mol. The van der Waals surface area contributed by atoms with Gasteiger partial charge in [0, 0.05) is 12.7 Å². The van der Waals surface area contributed by atoms with E-state index in [0.717, 1.165) is 18.8 Å². The third-order valence-corrected chi connectivity index (χ3v) is 1.79. The van der Waals surface area contributed by atoms with Crippen molar-refractivity contribution in [3.63, 3.8) is 0 Å². The highest BCUT2D eigenvalue weighted by Crippen LogP contribution is 1.92. The van der Waals surface area contributed by atoms with Gasteiger partial charge in [0.15, 0.2) is 0 Å². The van der Waals surface area contributed by atoms with Crippen LogP contribution in [0.3, 0.4) is 0 Å². The maximum absolute atomic E-state index is 5.39. The van der Waals surface area contributed by atoms with Crippen molar-refractivity contribution in [2.45, 2.75) is 13.5 Å². The van der Waals surface area contributed by atoms with Crippen molar-refractivity contribution in [2.24, 2.45) is 0 Å². The number of hydrogen-bond donors (Lipinski definition) is 2. The molecule has 5 heteroatoms. The molecule has 2 N–H and O–H groups in total. The summed E-state index contributed by atoms with van der Waals surface area (Å²) in [7, 11) is 1.84. The SMILES string of the molecule is CNNCCOCCn1ccc(C)n1. The van der Waals surface area contributed by atoms with E-state index in [-0.39, 0.29) is 0 Å². The Labute approximate surface area is 84.4 Å². The first kappa shape index (κ1) is 11.2. The summed E-state index contributed by atoms with van der Waals surface area (Å²) in [6.07, 6.45) is 1.96. The monoisotopic (exact) mass is 198 g/mol. The van der Waals surface area contributed by atoms with E-state index in [1.54, 1.807) is 0 Å². The van der Waals surface area contributed by atoms with Crippen LogP contribution in [0.5, 0.6) is 0 Å². The molecular weight excluding hydrogens is 180 g/mol. The number of aromatic nitrogens is 2. The molecule has 0 bridgehead atoms. The highest BCUT2D eigenvalue weighted by molar-refractivity contribution is 4.94. The van der Waals surface area contributed by atoms with Gasteiger partial charge in [-0.15, -0.1) is 0 Å². The average Bonchev–Trinajstić information content (AvgIpc) is 2.58. The second-order valence-electron chi connectivity index (χ2n) is 3.01. The van der Waals surface area contributed by atoms with Gasteiger partial charge in [-0.25, -0.2) is 0 Å². The molecule has 0 amide bonds. The van der Waals surface area contributed by atoms with E-state index in [9.17, 15) is 0 Å². The zero-order valence-corrected chi connectivity index (χ0v) is 8.79. The van der Waals surface area contributed by atoms with Crippen molar-refractivity contribution in [3.05, 3.63) is 18.0 Å². The van der Waals surface area contributed by atoms with Crippen molar-refractivity contribution >= 4 is 0 Å². The molecule has 5 nitrogen and oxygen atoms in total. The van der Waals surface area contributed by atoms with Crippen LogP contribution in [-0.2, 0) is 11.3 Å². The Kier molecular flexibility index (Phi) is 5.21. The molecule has 1 aromatic heterocycles. The number of nitrogens with zero attached hydrogens (tertiary/aromatic N) is 2. The van der Waals surface area contributed by atoms with Gasteiger partial charge in [0.25, 0.3) is 0 Å². The fourth-order valence-corrected chi connectivity index (χ4v) is 1.10. The van der Waals surface area contributed by atoms with E-state index < -0.39 is 0 Å². The number of rotatable bonds is 7. The van der Waals surface area contributed by atoms with Crippen molar-refractivity contribution in [3.8, 4) is 0 Å². The van der Waals surface area contributed by atoms with Gasteiger partial charge in [0.05, 0.1) is 25.5 Å². The number of nitrogens with one attached hydrogen (secondary N) is 2. The summed E-state index contributed by atoms with van der Waals surface area (Å²) < 4.78 is 7.28. The lowest BCUT2D eigenvalue weighted by atomic mass is 10.5. The summed E-state index contributed by atoms with van der Waals surface area (Å²) in [4.78, 5) is 0. The van der Waals surface area contributed by atoms with Gasteiger partial charge in [-0.1, -0.05) is 0 Å². The first-order valence-electron chi connectivity index (χ1n) is 4.80. The van der Waals surface area contributed by atoms with Gasteiger partial charge in [-0.05, 0) is 20.0 Å². The molecule has 80 valence electrons. The van der Waals surface area contributed by atoms with Crippen LogP contribution in [0, 0.1) is 6.92 Å². The lowest BCUT2D eigenvalue weighted by Gasteiger charge is -2.05. The molecule has 0 fully saturated rings. The minimum absolute atomic E-state index is 0.701. The molecule has 0 aliphatic carbocycles. The third kappa shape index (κ3) is 4.36. The van der Waals surface area contributed by atoms with Crippen LogP contribution in [0.15, 0.2) is 12.3 Å². The molecule has 0 saturated carbocycles. The maximum Gasteiger partial charge on any atom is 0.0663 e. The molecule has 0 spiro atoms. The molecule has 0 aromatic carbocycles. The molecule has 1 heterocycles. The zero-order chi connectivity index (χ0) is 10.2. The van der Waals surface area contributed by atoms with Crippen molar-refractivity contribution in [1.29, 1.82) is 0 Å². The van der Waals surface area contributed by atoms with E-state index in [4.69, 9.17) is 4.74 Å². The standard InChI is InChI=1S/C9H18N4O/c1-9-3-5-13(12-9)6-8-14-7-4-11-10-2/h3,5,10-11H,4,6-8H2,1-2H3. The Bertz CT molecular complexity index is 249. The fourth-order valence-electron chi connectivity index (χ4n) is 1.10. The van der Waals surface area contributed by atoms with Gasteiger partial charge in [-0.2, -0.15) is 5.10 Å². The molecule has 0 aliphatic heterocycles. The highest BCUT2D eigenvalue weighted by atomic mass is 16.5. The van der Waals surface area contributed by atoms with Crippen LogP contribution < -0.4 is 10.9 Å². The van der Waals surface area contributed by atoms with Crippen LogP contribution in [0.4, 0.5) is 0 Å². The van der Waals surface area contributed by atoms with E-state index in [1.165, 1.54) is 0 Å². The van der Waals surface area contributed by atoms with Crippen LogP contribution >= 0.6 is 0 Å². The Morgan fingerprint density at radius 2 is 2.36 bits per heavy atom. The van der Waals surface area contributed by atoms with Gasteiger partial charge in [-0.3, -0.25) is 15.5 Å². The molecule has 14 heavy (non-hydrogen) atoms. The first-order chi connectivity index (χ1) is 6.83. The van der Waals surface area contributed by atoms with E-state index in [1.807, 2.05) is 30.9 Å². The largest absolute Gasteiger partial charge is 0.378 e. The summed E-state index contributed by atoms with van der Waals surface area (Å²) in [5, 5.41) is 4.25. The topological polar surface area (TPSA) is 51.1 Å². The average molecular weight is 198 g/mol. The molecule has 0 saturated heterocycles. The third-order valence-electron chi connectivity index (χ3n) is 1.79. The van der Waals surface area contributed by atoms with E-state index in [0.29, 0.717) is 13.2 Å². The Balaban J connectivity index is 1.99. The summed E-state index contributed by atoms with van der Waals surface area (Å²) in [5.41, 5.74) is 6.83. The highest BCUT2D eigenvalue weighted by Gasteiger charge is 1.93. The van der Waals surface area contributed by atoms with Crippen LogP contribution in [0.1, 0.15) is 5.69 Å². The molecule has 0 radical (unpaired) electrons. The number of aryl methyl sites for hydroxylation is 1. The van der Waals surface area contributed by atoms with Gasteiger partial charge in [0.1, 0.15) is 0 Å².